The molecule has 3 nitrogen and oxygen atoms in total. The first kappa shape index (κ1) is 9.81. The maximum atomic E-state index is 13.0. The van der Waals surface area contributed by atoms with Crippen molar-refractivity contribution in [3.8, 4) is 17.6 Å². The van der Waals surface area contributed by atoms with Gasteiger partial charge in [0.1, 0.15) is 17.4 Å². The van der Waals surface area contributed by atoms with E-state index in [0.29, 0.717) is 0 Å². The molecule has 0 heterocycles. The molecule has 0 fully saturated rings. The predicted octanol–water partition coefficient (Wildman–Crippen LogP) is 2.17. The van der Waals surface area contributed by atoms with Crippen molar-refractivity contribution in [2.45, 2.75) is 0 Å². The van der Waals surface area contributed by atoms with Crippen LogP contribution in [0.15, 0.2) is 10.5 Å². The van der Waals surface area contributed by atoms with Gasteiger partial charge in [0.2, 0.25) is 0 Å². The van der Waals surface area contributed by atoms with E-state index in [2.05, 4.69) is 15.9 Å². The maximum absolute atomic E-state index is 13.0. The highest BCUT2D eigenvalue weighted by Gasteiger charge is 2.16. The Morgan fingerprint density at radius 1 is 1.69 bits per heavy atom. The molecule has 0 bridgehead atoms. The number of benzene rings is 1. The molecular formula is C8H5BrFNO2. The van der Waals surface area contributed by atoms with Crippen molar-refractivity contribution >= 4 is 15.9 Å². The number of rotatable bonds is 1. The molecule has 0 saturated heterocycles. The third kappa shape index (κ3) is 1.58. The van der Waals surface area contributed by atoms with E-state index in [1.165, 1.54) is 13.2 Å². The Hall–Kier alpha value is -1.28. The SMILES string of the molecule is COc1c(Br)cc(F)c(C#N)c1O. The molecule has 0 saturated carbocycles. The van der Waals surface area contributed by atoms with Crippen LogP contribution in [0.2, 0.25) is 0 Å². The molecule has 0 radical (unpaired) electrons. The lowest BCUT2D eigenvalue weighted by atomic mass is 10.2. The number of hydrogen-bond donors (Lipinski definition) is 1. The molecule has 1 aromatic rings. The summed E-state index contributed by atoms with van der Waals surface area (Å²) in [6.45, 7) is 0. The fraction of sp³-hybridized carbons (Fsp3) is 0.125. The van der Waals surface area contributed by atoms with Gasteiger partial charge >= 0.3 is 0 Å². The van der Waals surface area contributed by atoms with E-state index < -0.39 is 17.1 Å². The van der Waals surface area contributed by atoms with Crippen LogP contribution in [0, 0.1) is 17.1 Å². The minimum absolute atomic E-state index is 0.0537. The molecule has 0 aliphatic heterocycles. The van der Waals surface area contributed by atoms with Gasteiger partial charge in [-0.15, -0.1) is 0 Å². The molecule has 0 aliphatic rings. The topological polar surface area (TPSA) is 53.2 Å². The summed E-state index contributed by atoms with van der Waals surface area (Å²) in [5.41, 5.74) is -0.417. The van der Waals surface area contributed by atoms with Gasteiger partial charge in [0, 0.05) is 0 Å². The molecule has 0 aliphatic carbocycles. The quantitative estimate of drug-likeness (QED) is 0.826. The largest absolute Gasteiger partial charge is 0.503 e. The van der Waals surface area contributed by atoms with Gasteiger partial charge in [-0.1, -0.05) is 0 Å². The highest BCUT2D eigenvalue weighted by Crippen LogP contribution is 2.38. The lowest BCUT2D eigenvalue weighted by Crippen LogP contribution is -1.91. The van der Waals surface area contributed by atoms with Crippen LogP contribution in [0.3, 0.4) is 0 Å². The third-order valence-electron chi connectivity index (χ3n) is 1.48. The average molecular weight is 246 g/mol. The second-order valence-corrected chi connectivity index (χ2v) is 3.06. The Kier molecular flexibility index (Phi) is 2.73. The summed E-state index contributed by atoms with van der Waals surface area (Å²) < 4.78 is 18.0. The zero-order valence-electron chi connectivity index (χ0n) is 6.64. The normalized spacial score (nSPS) is 9.38. The van der Waals surface area contributed by atoms with Gasteiger partial charge in [-0.2, -0.15) is 5.26 Å². The number of phenolic OH excluding ortho intramolecular Hbond substituents is 1. The Balaban J connectivity index is 3.51. The zero-order valence-corrected chi connectivity index (χ0v) is 8.22. The fourth-order valence-electron chi connectivity index (χ4n) is 0.889. The number of aromatic hydroxyl groups is 1. The van der Waals surface area contributed by atoms with Gasteiger partial charge in [-0.3, -0.25) is 0 Å². The Bertz CT molecular complexity index is 387. The predicted molar refractivity (Wildman–Crippen MR) is 47.0 cm³/mol. The highest BCUT2D eigenvalue weighted by atomic mass is 79.9. The third-order valence-corrected chi connectivity index (χ3v) is 2.07. The number of ether oxygens (including phenoxy) is 1. The van der Waals surface area contributed by atoms with E-state index in [4.69, 9.17) is 10.00 Å². The van der Waals surface area contributed by atoms with Crippen LogP contribution in [0.4, 0.5) is 4.39 Å². The number of halogens is 2. The highest BCUT2D eigenvalue weighted by molar-refractivity contribution is 9.10. The smallest absolute Gasteiger partial charge is 0.180 e. The molecule has 1 N–H and O–H groups in total. The van der Waals surface area contributed by atoms with Crippen molar-refractivity contribution < 1.29 is 14.2 Å². The molecule has 68 valence electrons. The maximum Gasteiger partial charge on any atom is 0.180 e. The zero-order chi connectivity index (χ0) is 10.0. The van der Waals surface area contributed by atoms with Crippen molar-refractivity contribution in [2.24, 2.45) is 0 Å². The number of hydrogen-bond acceptors (Lipinski definition) is 3. The second-order valence-electron chi connectivity index (χ2n) is 2.21. The summed E-state index contributed by atoms with van der Waals surface area (Å²) in [6, 6.07) is 2.61. The van der Waals surface area contributed by atoms with Gasteiger partial charge in [0.25, 0.3) is 0 Å². The molecule has 0 amide bonds. The van der Waals surface area contributed by atoms with Crippen molar-refractivity contribution in [2.75, 3.05) is 7.11 Å². The first-order chi connectivity index (χ1) is 6.11. The number of nitriles is 1. The summed E-state index contributed by atoms with van der Waals surface area (Å²) >= 11 is 2.99. The molecule has 0 unspecified atom stereocenters. The Morgan fingerprint density at radius 3 is 2.77 bits per heavy atom. The second kappa shape index (κ2) is 3.62. The van der Waals surface area contributed by atoms with Crippen LogP contribution in [-0.4, -0.2) is 12.2 Å². The first-order valence-corrected chi connectivity index (χ1v) is 4.06. The molecule has 13 heavy (non-hydrogen) atoms. The molecule has 1 rings (SSSR count). The van der Waals surface area contributed by atoms with Gasteiger partial charge in [-0.25, -0.2) is 4.39 Å². The van der Waals surface area contributed by atoms with Gasteiger partial charge in [-0.05, 0) is 22.0 Å². The lowest BCUT2D eigenvalue weighted by molar-refractivity contribution is 0.367. The average Bonchev–Trinajstić information content (AvgIpc) is 2.04. The van der Waals surface area contributed by atoms with Crippen LogP contribution in [0.1, 0.15) is 5.56 Å². The van der Waals surface area contributed by atoms with Crippen LogP contribution >= 0.6 is 15.9 Å². The lowest BCUT2D eigenvalue weighted by Gasteiger charge is -2.07. The van der Waals surface area contributed by atoms with Crippen LogP contribution < -0.4 is 4.74 Å². The standard InChI is InChI=1S/C8H5BrFNO2/c1-13-8-5(9)2-6(10)4(3-11)7(8)12/h2,12H,1H3. The van der Waals surface area contributed by atoms with E-state index in [-0.39, 0.29) is 10.2 Å². The molecule has 0 aromatic heterocycles. The van der Waals surface area contributed by atoms with E-state index in [1.807, 2.05) is 0 Å². The van der Waals surface area contributed by atoms with Crippen LogP contribution in [-0.2, 0) is 0 Å². The van der Waals surface area contributed by atoms with Gasteiger partial charge in [0.15, 0.2) is 11.5 Å². The summed E-state index contributed by atoms with van der Waals surface area (Å²) in [5, 5.41) is 17.8. The fourth-order valence-corrected chi connectivity index (χ4v) is 1.44. The first-order valence-electron chi connectivity index (χ1n) is 3.26. The van der Waals surface area contributed by atoms with Crippen molar-refractivity contribution in [3.63, 3.8) is 0 Å². The summed E-state index contributed by atoms with van der Waals surface area (Å²) in [4.78, 5) is 0. The molecule has 5 heteroatoms. The number of methoxy groups -OCH3 is 1. The Labute approximate surface area is 82.5 Å². The van der Waals surface area contributed by atoms with Crippen LogP contribution in [0.5, 0.6) is 11.5 Å². The van der Waals surface area contributed by atoms with Crippen molar-refractivity contribution in [1.29, 1.82) is 5.26 Å². The molecule has 0 atom stereocenters. The summed E-state index contributed by atoms with van der Waals surface area (Å²) in [5.74, 6) is -1.22. The van der Waals surface area contributed by atoms with Gasteiger partial charge < -0.3 is 9.84 Å². The van der Waals surface area contributed by atoms with Gasteiger partial charge in [0.05, 0.1) is 11.6 Å². The Morgan fingerprint density at radius 2 is 2.31 bits per heavy atom. The van der Waals surface area contributed by atoms with E-state index in [9.17, 15) is 9.50 Å². The summed E-state index contributed by atoms with van der Waals surface area (Å²) in [7, 11) is 1.32. The minimum Gasteiger partial charge on any atom is -0.503 e. The molecular weight excluding hydrogens is 241 g/mol. The number of nitrogens with zero attached hydrogens (tertiary/aromatic N) is 1. The minimum atomic E-state index is -0.785. The van der Waals surface area contributed by atoms with Crippen LogP contribution in [0.25, 0.3) is 0 Å². The van der Waals surface area contributed by atoms with Crippen molar-refractivity contribution in [1.82, 2.24) is 0 Å². The van der Waals surface area contributed by atoms with E-state index in [1.54, 1.807) is 0 Å². The summed E-state index contributed by atoms with van der Waals surface area (Å²) in [6.07, 6.45) is 0. The molecule has 0 spiro atoms. The monoisotopic (exact) mass is 245 g/mol. The van der Waals surface area contributed by atoms with E-state index >= 15 is 0 Å². The van der Waals surface area contributed by atoms with E-state index in [0.717, 1.165) is 6.07 Å². The molecule has 1 aromatic carbocycles. The van der Waals surface area contributed by atoms with Crippen molar-refractivity contribution in [3.05, 3.63) is 21.9 Å². The number of phenols is 1.